The molecule has 0 bridgehead atoms. The summed E-state index contributed by atoms with van der Waals surface area (Å²) in [5.74, 6) is 2.33. The zero-order valence-corrected chi connectivity index (χ0v) is 9.70. The van der Waals surface area contributed by atoms with E-state index >= 15 is 0 Å². The molecule has 0 fully saturated rings. The van der Waals surface area contributed by atoms with Gasteiger partial charge in [0.05, 0.1) is 12.1 Å². The number of ether oxygens (including phenoxy) is 1. The molecule has 2 N–H and O–H groups in total. The highest BCUT2D eigenvalue weighted by Crippen LogP contribution is 2.07. The van der Waals surface area contributed by atoms with Crippen LogP contribution in [0.15, 0.2) is 0 Å². The summed E-state index contributed by atoms with van der Waals surface area (Å²) in [7, 11) is 0. The lowest BCUT2D eigenvalue weighted by molar-refractivity contribution is 0.0440. The number of nitrogens with one attached hydrogen (secondary N) is 1. The molecular formula is C11H19NO3. The van der Waals surface area contributed by atoms with Crippen LogP contribution < -0.4 is 5.32 Å². The van der Waals surface area contributed by atoms with Crippen LogP contribution in [0.1, 0.15) is 34.1 Å². The zero-order valence-electron chi connectivity index (χ0n) is 9.70. The molecule has 0 rings (SSSR count). The van der Waals surface area contributed by atoms with E-state index in [0.717, 1.165) is 0 Å². The van der Waals surface area contributed by atoms with Crippen molar-refractivity contribution in [2.24, 2.45) is 0 Å². The average Bonchev–Trinajstić information content (AvgIpc) is 2.00. The van der Waals surface area contributed by atoms with Gasteiger partial charge in [0.15, 0.2) is 0 Å². The Balaban J connectivity index is 4.03. The van der Waals surface area contributed by atoms with Gasteiger partial charge in [-0.2, -0.15) is 0 Å². The summed E-state index contributed by atoms with van der Waals surface area (Å²) in [6.07, 6.45) is 3.95. The number of hydrogen-bond acceptors (Lipinski definition) is 3. The van der Waals surface area contributed by atoms with Crippen LogP contribution in [0.25, 0.3) is 0 Å². The number of aliphatic hydroxyl groups is 1. The molecule has 2 atom stereocenters. The van der Waals surface area contributed by atoms with E-state index in [9.17, 15) is 9.90 Å². The van der Waals surface area contributed by atoms with Gasteiger partial charge in [0.2, 0.25) is 0 Å². The number of terminal acetylenes is 1. The largest absolute Gasteiger partial charge is 0.444 e. The minimum absolute atomic E-state index is 0.205. The fourth-order valence-corrected chi connectivity index (χ4v) is 0.887. The highest BCUT2D eigenvalue weighted by Gasteiger charge is 2.20. The minimum atomic E-state index is -0.748. The van der Waals surface area contributed by atoms with Crippen molar-refractivity contribution < 1.29 is 14.6 Å². The van der Waals surface area contributed by atoms with Gasteiger partial charge in [0.25, 0.3) is 0 Å². The van der Waals surface area contributed by atoms with Crippen LogP contribution in [0.5, 0.6) is 0 Å². The van der Waals surface area contributed by atoms with E-state index in [1.165, 1.54) is 0 Å². The third-order valence-corrected chi connectivity index (χ3v) is 1.65. The van der Waals surface area contributed by atoms with Gasteiger partial charge in [-0.25, -0.2) is 4.79 Å². The van der Waals surface area contributed by atoms with Crippen LogP contribution in [0.4, 0.5) is 4.79 Å². The summed E-state index contributed by atoms with van der Waals surface area (Å²) < 4.78 is 5.02. The number of carbonyl (C=O) groups excluding carboxylic acids is 1. The fourth-order valence-electron chi connectivity index (χ4n) is 0.887. The first-order valence-corrected chi connectivity index (χ1v) is 4.87. The van der Waals surface area contributed by atoms with E-state index in [4.69, 9.17) is 11.2 Å². The van der Waals surface area contributed by atoms with Crippen molar-refractivity contribution in [3.05, 3.63) is 0 Å². The second kappa shape index (κ2) is 5.62. The molecule has 0 aromatic carbocycles. The maximum atomic E-state index is 11.3. The first kappa shape index (κ1) is 13.8. The van der Waals surface area contributed by atoms with E-state index in [1.54, 1.807) is 27.7 Å². The van der Waals surface area contributed by atoms with Crippen molar-refractivity contribution in [3.63, 3.8) is 0 Å². The van der Waals surface area contributed by atoms with Crippen LogP contribution in [0, 0.1) is 12.3 Å². The molecule has 0 aromatic heterocycles. The Labute approximate surface area is 91.0 Å². The molecule has 0 saturated carbocycles. The first-order chi connectivity index (χ1) is 6.76. The Morgan fingerprint density at radius 3 is 2.53 bits per heavy atom. The molecule has 0 aliphatic carbocycles. The van der Waals surface area contributed by atoms with Crippen LogP contribution in [-0.4, -0.2) is 28.9 Å². The monoisotopic (exact) mass is 213 g/mol. The summed E-state index contributed by atoms with van der Waals surface area (Å²) in [4.78, 5) is 11.3. The average molecular weight is 213 g/mol. The van der Waals surface area contributed by atoms with Gasteiger partial charge in [-0.05, 0) is 27.7 Å². The van der Waals surface area contributed by atoms with Crippen molar-refractivity contribution in [3.8, 4) is 12.3 Å². The van der Waals surface area contributed by atoms with Gasteiger partial charge in [-0.1, -0.05) is 0 Å². The van der Waals surface area contributed by atoms with E-state index < -0.39 is 23.8 Å². The zero-order chi connectivity index (χ0) is 12.1. The van der Waals surface area contributed by atoms with Gasteiger partial charge in [-0.3, -0.25) is 0 Å². The third kappa shape index (κ3) is 6.81. The standard InChI is InChI=1S/C11H19NO3/c1-6-7-9(13)8(2)12-10(14)15-11(3,4)5/h1,8-9,13H,7H2,2-5H3,(H,12,14)/t8-,9-/m0/s1. The van der Waals surface area contributed by atoms with Crippen LogP contribution >= 0.6 is 0 Å². The summed E-state index contributed by atoms with van der Waals surface area (Å²) in [6.45, 7) is 6.99. The molecule has 15 heavy (non-hydrogen) atoms. The van der Waals surface area contributed by atoms with Crippen molar-refractivity contribution in [1.29, 1.82) is 0 Å². The van der Waals surface area contributed by atoms with E-state index in [0.29, 0.717) is 0 Å². The molecule has 0 heterocycles. The minimum Gasteiger partial charge on any atom is -0.444 e. The highest BCUT2D eigenvalue weighted by atomic mass is 16.6. The van der Waals surface area contributed by atoms with E-state index in [-0.39, 0.29) is 6.42 Å². The molecular weight excluding hydrogens is 194 g/mol. The number of hydrogen-bond donors (Lipinski definition) is 2. The van der Waals surface area contributed by atoms with Gasteiger partial charge in [-0.15, -0.1) is 12.3 Å². The Bertz CT molecular complexity index is 250. The topological polar surface area (TPSA) is 58.6 Å². The number of rotatable bonds is 3. The molecule has 0 unspecified atom stereocenters. The number of carbonyl (C=O) groups is 1. The maximum absolute atomic E-state index is 11.3. The highest BCUT2D eigenvalue weighted by molar-refractivity contribution is 5.68. The summed E-state index contributed by atoms with van der Waals surface area (Å²) in [6, 6.07) is -0.420. The maximum Gasteiger partial charge on any atom is 0.407 e. The first-order valence-electron chi connectivity index (χ1n) is 4.87. The molecule has 4 heteroatoms. The Morgan fingerprint density at radius 1 is 1.60 bits per heavy atom. The van der Waals surface area contributed by atoms with Crippen LogP contribution in [0.3, 0.4) is 0 Å². The summed E-state index contributed by atoms with van der Waals surface area (Å²) >= 11 is 0. The lowest BCUT2D eigenvalue weighted by atomic mass is 10.1. The lowest BCUT2D eigenvalue weighted by Gasteiger charge is -2.23. The van der Waals surface area contributed by atoms with Crippen molar-refractivity contribution in [2.45, 2.75) is 51.9 Å². The van der Waals surface area contributed by atoms with Crippen LogP contribution in [-0.2, 0) is 4.74 Å². The molecule has 0 saturated heterocycles. The van der Waals surface area contributed by atoms with Gasteiger partial charge in [0.1, 0.15) is 5.60 Å². The van der Waals surface area contributed by atoms with E-state index in [1.807, 2.05) is 0 Å². The molecule has 0 radical (unpaired) electrons. The molecule has 1 amide bonds. The normalized spacial score (nSPS) is 14.9. The second-order valence-corrected chi connectivity index (χ2v) is 4.41. The molecule has 0 aliphatic heterocycles. The predicted octanol–water partition coefficient (Wildman–Crippen LogP) is 1.28. The second-order valence-electron chi connectivity index (χ2n) is 4.41. The van der Waals surface area contributed by atoms with Gasteiger partial charge < -0.3 is 15.2 Å². The molecule has 86 valence electrons. The molecule has 0 aliphatic rings. The third-order valence-electron chi connectivity index (χ3n) is 1.65. The number of aliphatic hydroxyl groups excluding tert-OH is 1. The Kier molecular flexibility index (Phi) is 5.16. The van der Waals surface area contributed by atoms with E-state index in [2.05, 4.69) is 11.2 Å². The Hall–Kier alpha value is -1.21. The Morgan fingerprint density at radius 2 is 2.13 bits per heavy atom. The van der Waals surface area contributed by atoms with Crippen LogP contribution in [0.2, 0.25) is 0 Å². The van der Waals surface area contributed by atoms with Gasteiger partial charge >= 0.3 is 6.09 Å². The molecule has 0 aromatic rings. The number of amides is 1. The molecule has 0 spiro atoms. The van der Waals surface area contributed by atoms with Crippen molar-refractivity contribution in [1.82, 2.24) is 5.32 Å². The quantitative estimate of drug-likeness (QED) is 0.694. The van der Waals surface area contributed by atoms with Crippen molar-refractivity contribution >= 4 is 6.09 Å². The van der Waals surface area contributed by atoms with Gasteiger partial charge in [0, 0.05) is 6.42 Å². The smallest absolute Gasteiger partial charge is 0.407 e. The fraction of sp³-hybridized carbons (Fsp3) is 0.727. The lowest BCUT2D eigenvalue weighted by Crippen LogP contribution is -2.43. The summed E-state index contributed by atoms with van der Waals surface area (Å²) in [5.41, 5.74) is -0.541. The number of alkyl carbamates (subject to hydrolysis) is 1. The summed E-state index contributed by atoms with van der Waals surface area (Å²) in [5, 5.41) is 12.0. The van der Waals surface area contributed by atoms with Crippen molar-refractivity contribution in [2.75, 3.05) is 0 Å². The molecule has 4 nitrogen and oxygen atoms in total. The SMILES string of the molecule is C#CC[C@H](O)[C@H](C)NC(=O)OC(C)(C)C. The predicted molar refractivity (Wildman–Crippen MR) is 58.3 cm³/mol.